The number of likely N-dealkylation sites (tertiary alicyclic amines) is 2. The monoisotopic (exact) mass is 371 g/mol. The van der Waals surface area contributed by atoms with Gasteiger partial charge in [-0.25, -0.2) is 0 Å². The van der Waals surface area contributed by atoms with Crippen molar-refractivity contribution in [2.45, 2.75) is 45.2 Å². The van der Waals surface area contributed by atoms with Gasteiger partial charge in [0.1, 0.15) is 0 Å². The summed E-state index contributed by atoms with van der Waals surface area (Å²) in [6.07, 6.45) is 5.17. The molecule has 2 atom stereocenters. The highest BCUT2D eigenvalue weighted by molar-refractivity contribution is 5.79. The average molecular weight is 372 g/mol. The zero-order valence-electron chi connectivity index (χ0n) is 17.2. The topological polar surface area (TPSA) is 42.9 Å². The number of nitrogens with one attached hydrogen (secondary N) is 2. The van der Waals surface area contributed by atoms with Crippen molar-refractivity contribution < 1.29 is 0 Å². The third-order valence-electron chi connectivity index (χ3n) is 5.81. The summed E-state index contributed by atoms with van der Waals surface area (Å²) in [6, 6.07) is 11.4. The van der Waals surface area contributed by atoms with Gasteiger partial charge in [-0.3, -0.25) is 9.89 Å². The van der Waals surface area contributed by atoms with Gasteiger partial charge in [-0.2, -0.15) is 0 Å². The van der Waals surface area contributed by atoms with Gasteiger partial charge < -0.3 is 15.5 Å². The first-order valence-electron chi connectivity index (χ1n) is 10.7. The van der Waals surface area contributed by atoms with Crippen LogP contribution in [-0.4, -0.2) is 68.1 Å². The Labute approximate surface area is 165 Å². The third kappa shape index (κ3) is 6.51. The lowest BCUT2D eigenvalue weighted by Gasteiger charge is -2.29. The predicted octanol–water partition coefficient (Wildman–Crippen LogP) is 2.55. The molecule has 2 N–H and O–H groups in total. The summed E-state index contributed by atoms with van der Waals surface area (Å²) in [5.74, 6) is 1.68. The summed E-state index contributed by atoms with van der Waals surface area (Å²) >= 11 is 0. The van der Waals surface area contributed by atoms with E-state index in [1.807, 2.05) is 0 Å². The fraction of sp³-hybridized carbons (Fsp3) is 0.682. The summed E-state index contributed by atoms with van der Waals surface area (Å²) in [6.45, 7) is 9.62. The number of aliphatic imine (C=N–C) groups is 1. The van der Waals surface area contributed by atoms with E-state index in [9.17, 15) is 0 Å². The first kappa shape index (κ1) is 20.2. The van der Waals surface area contributed by atoms with Crippen LogP contribution in [0.25, 0.3) is 0 Å². The number of guanidine groups is 1. The zero-order valence-corrected chi connectivity index (χ0v) is 17.2. The van der Waals surface area contributed by atoms with E-state index in [1.54, 1.807) is 0 Å². The van der Waals surface area contributed by atoms with E-state index in [0.29, 0.717) is 12.0 Å². The zero-order chi connectivity index (χ0) is 18.9. The van der Waals surface area contributed by atoms with Gasteiger partial charge in [0.05, 0.1) is 0 Å². The molecule has 1 aromatic rings. The number of rotatable bonds is 7. The van der Waals surface area contributed by atoms with Crippen molar-refractivity contribution in [3.8, 4) is 0 Å². The minimum atomic E-state index is 0.592. The van der Waals surface area contributed by atoms with E-state index in [1.165, 1.54) is 50.9 Å². The van der Waals surface area contributed by atoms with Crippen LogP contribution in [-0.2, 0) is 6.54 Å². The molecule has 0 aliphatic carbocycles. The molecule has 2 aliphatic rings. The second-order valence-corrected chi connectivity index (χ2v) is 8.12. The quantitative estimate of drug-likeness (QED) is 0.571. The van der Waals surface area contributed by atoms with Crippen molar-refractivity contribution in [2.75, 3.05) is 46.3 Å². The van der Waals surface area contributed by atoms with E-state index in [-0.39, 0.29) is 0 Å². The standard InChI is InChI=1S/C22H37N5/c1-3-23-22(24-15-20-11-7-13-26(2)17-20)25-16-21-12-8-14-27(21)18-19-9-5-4-6-10-19/h4-6,9-10,20-21H,3,7-8,11-18H2,1-2H3,(H2,23,24,25). The molecule has 2 fully saturated rings. The maximum absolute atomic E-state index is 4.89. The van der Waals surface area contributed by atoms with Crippen molar-refractivity contribution >= 4 is 5.96 Å². The summed E-state index contributed by atoms with van der Waals surface area (Å²) in [7, 11) is 2.22. The van der Waals surface area contributed by atoms with Crippen LogP contribution in [0, 0.1) is 5.92 Å². The Balaban J connectivity index is 1.49. The van der Waals surface area contributed by atoms with Crippen LogP contribution >= 0.6 is 0 Å². The maximum atomic E-state index is 4.89. The maximum Gasteiger partial charge on any atom is 0.191 e. The van der Waals surface area contributed by atoms with Crippen molar-refractivity contribution in [1.29, 1.82) is 0 Å². The Morgan fingerprint density at radius 1 is 1.11 bits per heavy atom. The lowest BCUT2D eigenvalue weighted by atomic mass is 9.99. The van der Waals surface area contributed by atoms with Crippen LogP contribution < -0.4 is 10.6 Å². The van der Waals surface area contributed by atoms with Crippen molar-refractivity contribution in [3.63, 3.8) is 0 Å². The molecular weight excluding hydrogens is 334 g/mol. The molecule has 0 spiro atoms. The minimum Gasteiger partial charge on any atom is -0.357 e. The van der Waals surface area contributed by atoms with E-state index in [2.05, 4.69) is 64.7 Å². The first-order valence-corrected chi connectivity index (χ1v) is 10.7. The molecule has 5 nitrogen and oxygen atoms in total. The molecule has 0 aromatic heterocycles. The Bertz CT molecular complexity index is 573. The second kappa shape index (κ2) is 10.7. The largest absolute Gasteiger partial charge is 0.357 e. The van der Waals surface area contributed by atoms with Crippen molar-refractivity contribution in [3.05, 3.63) is 35.9 Å². The number of hydrogen-bond donors (Lipinski definition) is 2. The van der Waals surface area contributed by atoms with E-state index in [4.69, 9.17) is 4.99 Å². The molecule has 0 saturated carbocycles. The molecular formula is C22H37N5. The normalized spacial score (nSPS) is 24.9. The highest BCUT2D eigenvalue weighted by Gasteiger charge is 2.24. The lowest BCUT2D eigenvalue weighted by Crippen LogP contribution is -2.45. The van der Waals surface area contributed by atoms with Crippen molar-refractivity contribution in [2.24, 2.45) is 10.9 Å². The molecule has 5 heteroatoms. The van der Waals surface area contributed by atoms with Gasteiger partial charge in [0.2, 0.25) is 0 Å². The predicted molar refractivity (Wildman–Crippen MR) is 114 cm³/mol. The number of piperidine rings is 1. The highest BCUT2D eigenvalue weighted by Crippen LogP contribution is 2.19. The summed E-state index contributed by atoms with van der Waals surface area (Å²) in [5.41, 5.74) is 1.41. The molecule has 27 heavy (non-hydrogen) atoms. The molecule has 1 aromatic carbocycles. The second-order valence-electron chi connectivity index (χ2n) is 8.12. The molecule has 2 saturated heterocycles. The molecule has 0 radical (unpaired) electrons. The fourth-order valence-corrected chi connectivity index (χ4v) is 4.35. The van der Waals surface area contributed by atoms with E-state index in [0.717, 1.165) is 32.1 Å². The van der Waals surface area contributed by atoms with Gasteiger partial charge in [0, 0.05) is 38.8 Å². The Morgan fingerprint density at radius 3 is 2.70 bits per heavy atom. The van der Waals surface area contributed by atoms with Gasteiger partial charge in [-0.15, -0.1) is 0 Å². The number of hydrogen-bond acceptors (Lipinski definition) is 3. The van der Waals surface area contributed by atoms with Gasteiger partial charge in [0.15, 0.2) is 5.96 Å². The fourth-order valence-electron chi connectivity index (χ4n) is 4.35. The van der Waals surface area contributed by atoms with Gasteiger partial charge in [-0.1, -0.05) is 30.3 Å². The van der Waals surface area contributed by atoms with Gasteiger partial charge in [-0.05, 0) is 64.2 Å². The first-order chi connectivity index (χ1) is 13.2. The van der Waals surface area contributed by atoms with Gasteiger partial charge >= 0.3 is 0 Å². The Morgan fingerprint density at radius 2 is 1.93 bits per heavy atom. The van der Waals surface area contributed by atoms with Crippen LogP contribution in [0.3, 0.4) is 0 Å². The smallest absolute Gasteiger partial charge is 0.191 e. The van der Waals surface area contributed by atoms with Gasteiger partial charge in [0.25, 0.3) is 0 Å². The van der Waals surface area contributed by atoms with Crippen LogP contribution in [0.4, 0.5) is 0 Å². The lowest BCUT2D eigenvalue weighted by molar-refractivity contribution is 0.214. The van der Waals surface area contributed by atoms with Crippen LogP contribution in [0.5, 0.6) is 0 Å². The SMILES string of the molecule is CCNC(=NCC1CCCN(C)C1)NCC1CCCN1Cc1ccccc1. The Hall–Kier alpha value is -1.59. The highest BCUT2D eigenvalue weighted by atomic mass is 15.2. The van der Waals surface area contributed by atoms with E-state index < -0.39 is 0 Å². The van der Waals surface area contributed by atoms with Crippen LogP contribution in [0.1, 0.15) is 38.2 Å². The molecule has 2 unspecified atom stereocenters. The average Bonchev–Trinajstić information content (AvgIpc) is 3.12. The summed E-state index contributed by atoms with van der Waals surface area (Å²) in [4.78, 5) is 9.94. The van der Waals surface area contributed by atoms with E-state index >= 15 is 0 Å². The number of nitrogens with zero attached hydrogens (tertiary/aromatic N) is 3. The molecule has 0 bridgehead atoms. The van der Waals surface area contributed by atoms with Crippen LogP contribution in [0.15, 0.2) is 35.3 Å². The van der Waals surface area contributed by atoms with Crippen molar-refractivity contribution in [1.82, 2.24) is 20.4 Å². The summed E-state index contributed by atoms with van der Waals surface area (Å²) in [5, 5.41) is 7.04. The molecule has 2 heterocycles. The molecule has 3 rings (SSSR count). The number of benzene rings is 1. The summed E-state index contributed by atoms with van der Waals surface area (Å²) < 4.78 is 0. The Kier molecular flexibility index (Phi) is 7.96. The minimum absolute atomic E-state index is 0.592. The molecule has 2 aliphatic heterocycles. The molecule has 150 valence electrons. The third-order valence-corrected chi connectivity index (χ3v) is 5.81. The molecule has 0 amide bonds. The van der Waals surface area contributed by atoms with Crippen LogP contribution in [0.2, 0.25) is 0 Å².